The molecule has 0 aliphatic heterocycles. The first-order valence-corrected chi connectivity index (χ1v) is 6.38. The fraction of sp³-hybridized carbons (Fsp3) is 0.357. The van der Waals surface area contributed by atoms with E-state index in [0.717, 1.165) is 28.8 Å². The topological polar surface area (TPSA) is 24.9 Å². The van der Waals surface area contributed by atoms with Crippen LogP contribution in [0, 0.1) is 6.92 Å². The molecule has 0 amide bonds. The number of benzene rings is 1. The van der Waals surface area contributed by atoms with Crippen LogP contribution in [0.4, 0.5) is 5.69 Å². The van der Waals surface area contributed by atoms with Crippen molar-refractivity contribution in [2.24, 2.45) is 0 Å². The second-order valence-electron chi connectivity index (χ2n) is 4.60. The van der Waals surface area contributed by atoms with Crippen LogP contribution in [0.2, 0.25) is 5.02 Å². The monoisotopic (exact) mass is 246 g/mol. The molecule has 1 N–H and O–H groups in total. The zero-order chi connectivity index (χ0) is 12.0. The van der Waals surface area contributed by atoms with Gasteiger partial charge in [0.15, 0.2) is 0 Å². The van der Waals surface area contributed by atoms with Gasteiger partial charge in [-0.05, 0) is 43.4 Å². The molecule has 88 valence electrons. The number of aryl methyl sites for hydroxylation is 2. The summed E-state index contributed by atoms with van der Waals surface area (Å²) in [5.41, 5.74) is 6.01. The number of hydrogen-bond acceptors (Lipinski definition) is 2. The van der Waals surface area contributed by atoms with E-state index in [0.29, 0.717) is 0 Å². The highest BCUT2D eigenvalue weighted by molar-refractivity contribution is 6.36. The lowest BCUT2D eigenvalue weighted by molar-refractivity contribution is 0.901. The smallest absolute Gasteiger partial charge is 0.0770 e. The molecule has 0 spiro atoms. The molecule has 0 unspecified atom stereocenters. The van der Waals surface area contributed by atoms with E-state index in [1.165, 1.54) is 28.9 Å². The van der Waals surface area contributed by atoms with E-state index in [1.54, 1.807) is 0 Å². The minimum Gasteiger partial charge on any atom is -0.387 e. The van der Waals surface area contributed by atoms with Crippen LogP contribution in [0.5, 0.6) is 0 Å². The van der Waals surface area contributed by atoms with Gasteiger partial charge in [-0.3, -0.25) is 4.98 Å². The highest BCUT2D eigenvalue weighted by Gasteiger charge is 2.20. The number of halogens is 1. The molecule has 0 saturated heterocycles. The zero-order valence-corrected chi connectivity index (χ0v) is 10.9. The van der Waals surface area contributed by atoms with E-state index in [2.05, 4.69) is 12.2 Å². The van der Waals surface area contributed by atoms with Gasteiger partial charge in [-0.25, -0.2) is 0 Å². The maximum atomic E-state index is 6.33. The minimum atomic E-state index is 0.789. The third-order valence-electron chi connectivity index (χ3n) is 3.57. The number of pyridine rings is 1. The molecule has 0 atom stereocenters. The quantitative estimate of drug-likeness (QED) is 0.830. The van der Waals surface area contributed by atoms with E-state index in [1.807, 2.05) is 19.2 Å². The fourth-order valence-electron chi connectivity index (χ4n) is 2.73. The average Bonchev–Trinajstić information content (AvgIpc) is 2.79. The van der Waals surface area contributed by atoms with Gasteiger partial charge in [-0.15, -0.1) is 0 Å². The van der Waals surface area contributed by atoms with Gasteiger partial charge < -0.3 is 5.32 Å². The van der Waals surface area contributed by atoms with Crippen LogP contribution in [-0.2, 0) is 12.8 Å². The molecule has 3 rings (SSSR count). The third-order valence-corrected chi connectivity index (χ3v) is 3.88. The van der Waals surface area contributed by atoms with Crippen LogP contribution in [0.15, 0.2) is 12.1 Å². The van der Waals surface area contributed by atoms with E-state index in [4.69, 9.17) is 16.6 Å². The van der Waals surface area contributed by atoms with Crippen molar-refractivity contribution in [2.75, 3.05) is 12.4 Å². The molecule has 2 aromatic rings. The van der Waals surface area contributed by atoms with Gasteiger partial charge in [0, 0.05) is 23.8 Å². The first kappa shape index (κ1) is 10.8. The molecule has 2 nitrogen and oxygen atoms in total. The molecule has 17 heavy (non-hydrogen) atoms. The van der Waals surface area contributed by atoms with Crippen molar-refractivity contribution in [3.05, 3.63) is 34.0 Å². The Labute approximate surface area is 106 Å². The van der Waals surface area contributed by atoms with Crippen LogP contribution in [-0.4, -0.2) is 12.0 Å². The summed E-state index contributed by atoms with van der Waals surface area (Å²) in [4.78, 5) is 4.80. The lowest BCUT2D eigenvalue weighted by Crippen LogP contribution is -2.00. The molecule has 0 radical (unpaired) electrons. The average molecular weight is 247 g/mol. The Bertz CT molecular complexity index is 605. The van der Waals surface area contributed by atoms with Crippen molar-refractivity contribution in [2.45, 2.75) is 26.2 Å². The normalized spacial score (nSPS) is 14.1. The van der Waals surface area contributed by atoms with E-state index < -0.39 is 0 Å². The summed E-state index contributed by atoms with van der Waals surface area (Å²) in [6.07, 6.45) is 3.40. The van der Waals surface area contributed by atoms with Crippen LogP contribution < -0.4 is 5.32 Å². The highest BCUT2D eigenvalue weighted by atomic mass is 35.5. The molecule has 3 heteroatoms. The summed E-state index contributed by atoms with van der Waals surface area (Å²) in [5.74, 6) is 0. The maximum Gasteiger partial charge on any atom is 0.0770 e. The standard InChI is InChI=1S/C14H15ClN2/c1-8-6-7-10(15)12-13(8)17-11-5-3-4-9(11)14(12)16-2/h6-7H,3-5H2,1-2H3,(H,16,17). The number of fused-ring (bicyclic) bond motifs is 2. The molecule has 0 fully saturated rings. The second kappa shape index (κ2) is 3.88. The van der Waals surface area contributed by atoms with E-state index >= 15 is 0 Å². The van der Waals surface area contributed by atoms with Crippen molar-refractivity contribution < 1.29 is 0 Å². The van der Waals surface area contributed by atoms with Gasteiger partial charge in [0.2, 0.25) is 0 Å². The Hall–Kier alpha value is -1.28. The summed E-state index contributed by atoms with van der Waals surface area (Å²) in [6, 6.07) is 4.00. The Morgan fingerprint density at radius 1 is 1.29 bits per heavy atom. The molecule has 1 aromatic heterocycles. The Morgan fingerprint density at radius 2 is 2.12 bits per heavy atom. The molecule has 1 aliphatic rings. The van der Waals surface area contributed by atoms with Crippen molar-refractivity contribution in [3.8, 4) is 0 Å². The number of anilines is 1. The number of nitrogens with one attached hydrogen (secondary N) is 1. The van der Waals surface area contributed by atoms with Crippen molar-refractivity contribution in [1.82, 2.24) is 4.98 Å². The lowest BCUT2D eigenvalue weighted by Gasteiger charge is -2.14. The lowest BCUT2D eigenvalue weighted by atomic mass is 10.0. The summed E-state index contributed by atoms with van der Waals surface area (Å²) < 4.78 is 0. The van der Waals surface area contributed by atoms with Crippen molar-refractivity contribution in [3.63, 3.8) is 0 Å². The molecule has 0 saturated carbocycles. The highest BCUT2D eigenvalue weighted by Crippen LogP contribution is 2.38. The van der Waals surface area contributed by atoms with Gasteiger partial charge >= 0.3 is 0 Å². The van der Waals surface area contributed by atoms with Gasteiger partial charge in [0.25, 0.3) is 0 Å². The fourth-order valence-corrected chi connectivity index (χ4v) is 2.98. The summed E-state index contributed by atoms with van der Waals surface area (Å²) in [5, 5.41) is 5.18. The van der Waals surface area contributed by atoms with Gasteiger partial charge in [0.1, 0.15) is 0 Å². The predicted octanol–water partition coefficient (Wildman–Crippen LogP) is 3.73. The molecule has 1 aliphatic carbocycles. The largest absolute Gasteiger partial charge is 0.387 e. The van der Waals surface area contributed by atoms with Crippen LogP contribution in [0.3, 0.4) is 0 Å². The minimum absolute atomic E-state index is 0.789. The Morgan fingerprint density at radius 3 is 2.88 bits per heavy atom. The van der Waals surface area contributed by atoms with Crippen LogP contribution in [0.1, 0.15) is 23.2 Å². The second-order valence-corrected chi connectivity index (χ2v) is 5.01. The Balaban J connectivity index is 2.49. The van der Waals surface area contributed by atoms with Gasteiger partial charge in [-0.1, -0.05) is 17.7 Å². The molecule has 1 aromatic carbocycles. The molecular weight excluding hydrogens is 232 g/mol. The summed E-state index contributed by atoms with van der Waals surface area (Å²) in [7, 11) is 1.96. The Kier molecular flexibility index (Phi) is 2.48. The van der Waals surface area contributed by atoms with Crippen LogP contribution >= 0.6 is 11.6 Å². The molecular formula is C14H15ClN2. The van der Waals surface area contributed by atoms with Gasteiger partial charge in [-0.2, -0.15) is 0 Å². The SMILES string of the molecule is CNc1c2c(nc3c(C)ccc(Cl)c13)CCC2. The van der Waals surface area contributed by atoms with Crippen LogP contribution in [0.25, 0.3) is 10.9 Å². The molecule has 0 bridgehead atoms. The van der Waals surface area contributed by atoms with E-state index in [-0.39, 0.29) is 0 Å². The first-order chi connectivity index (χ1) is 8.22. The van der Waals surface area contributed by atoms with Crippen molar-refractivity contribution >= 4 is 28.2 Å². The number of aromatic nitrogens is 1. The number of nitrogens with zero attached hydrogens (tertiary/aromatic N) is 1. The van der Waals surface area contributed by atoms with E-state index in [9.17, 15) is 0 Å². The summed E-state index contributed by atoms with van der Waals surface area (Å²) in [6.45, 7) is 2.09. The third kappa shape index (κ3) is 1.51. The first-order valence-electron chi connectivity index (χ1n) is 6.00. The molecule has 1 heterocycles. The summed E-state index contributed by atoms with van der Waals surface area (Å²) >= 11 is 6.33. The predicted molar refractivity (Wildman–Crippen MR) is 73.1 cm³/mol. The zero-order valence-electron chi connectivity index (χ0n) is 10.1. The van der Waals surface area contributed by atoms with Gasteiger partial charge in [0.05, 0.1) is 10.5 Å². The number of rotatable bonds is 1. The maximum absolute atomic E-state index is 6.33. The number of hydrogen-bond donors (Lipinski definition) is 1. The van der Waals surface area contributed by atoms with Crippen molar-refractivity contribution in [1.29, 1.82) is 0 Å².